The van der Waals surface area contributed by atoms with Gasteiger partial charge in [-0.05, 0) is 51.3 Å². The van der Waals surface area contributed by atoms with Gasteiger partial charge in [-0.3, -0.25) is 0 Å². The summed E-state index contributed by atoms with van der Waals surface area (Å²) in [6.07, 6.45) is 2.56. The molecule has 0 saturated heterocycles. The van der Waals surface area contributed by atoms with Crippen LogP contribution >= 0.6 is 0 Å². The van der Waals surface area contributed by atoms with Gasteiger partial charge >= 0.3 is 6.09 Å². The van der Waals surface area contributed by atoms with E-state index in [2.05, 4.69) is 12.2 Å². The van der Waals surface area contributed by atoms with Crippen LogP contribution in [0.1, 0.15) is 46.1 Å². The van der Waals surface area contributed by atoms with Crippen molar-refractivity contribution in [2.45, 2.75) is 52.6 Å². The third kappa shape index (κ3) is 8.23. The molecule has 1 amide bonds. The van der Waals surface area contributed by atoms with E-state index in [9.17, 15) is 4.79 Å². The van der Waals surface area contributed by atoms with Crippen LogP contribution < -0.4 is 10.1 Å². The number of alkyl carbamates (subject to hydrolysis) is 1. The van der Waals surface area contributed by atoms with Crippen LogP contribution in [0, 0.1) is 0 Å². The first-order chi connectivity index (χ1) is 9.90. The Hall–Kier alpha value is -1.71. The van der Waals surface area contributed by atoms with Crippen LogP contribution in [0.2, 0.25) is 0 Å². The first-order valence-electron chi connectivity index (χ1n) is 7.59. The lowest BCUT2D eigenvalue weighted by Crippen LogP contribution is -2.33. The smallest absolute Gasteiger partial charge is 0.407 e. The van der Waals surface area contributed by atoms with Crippen molar-refractivity contribution in [3.05, 3.63) is 29.8 Å². The van der Waals surface area contributed by atoms with Crippen LogP contribution in [0.15, 0.2) is 24.3 Å². The van der Waals surface area contributed by atoms with Crippen molar-refractivity contribution in [3.63, 3.8) is 0 Å². The fraction of sp³-hybridized carbons (Fsp3) is 0.588. The van der Waals surface area contributed by atoms with Crippen LogP contribution in [-0.4, -0.2) is 24.8 Å². The van der Waals surface area contributed by atoms with Gasteiger partial charge in [-0.2, -0.15) is 0 Å². The summed E-state index contributed by atoms with van der Waals surface area (Å²) in [5.41, 5.74) is 0.678. The monoisotopic (exact) mass is 293 g/mol. The van der Waals surface area contributed by atoms with Gasteiger partial charge in [-0.25, -0.2) is 4.79 Å². The molecule has 21 heavy (non-hydrogen) atoms. The van der Waals surface area contributed by atoms with Gasteiger partial charge in [0.1, 0.15) is 11.4 Å². The maximum Gasteiger partial charge on any atom is 0.407 e. The molecular weight excluding hydrogens is 266 g/mol. The average molecular weight is 293 g/mol. The first kappa shape index (κ1) is 17.3. The Morgan fingerprint density at radius 3 is 2.71 bits per heavy atom. The SMILES string of the molecule is CCCCOc1cccc(CCNC(=O)OC(C)(C)C)c1. The van der Waals surface area contributed by atoms with E-state index in [0.717, 1.165) is 37.2 Å². The van der Waals surface area contributed by atoms with Gasteiger partial charge < -0.3 is 14.8 Å². The van der Waals surface area contributed by atoms with E-state index in [1.807, 2.05) is 45.0 Å². The molecule has 1 aromatic carbocycles. The average Bonchev–Trinajstić information content (AvgIpc) is 2.37. The summed E-state index contributed by atoms with van der Waals surface area (Å²) in [6.45, 7) is 8.99. The van der Waals surface area contributed by atoms with Crippen molar-refractivity contribution in [1.82, 2.24) is 5.32 Å². The molecule has 0 aliphatic heterocycles. The normalized spacial score (nSPS) is 11.0. The summed E-state index contributed by atoms with van der Waals surface area (Å²) in [5.74, 6) is 0.887. The number of nitrogens with one attached hydrogen (secondary N) is 1. The Morgan fingerprint density at radius 1 is 1.29 bits per heavy atom. The molecule has 0 aliphatic carbocycles. The Bertz CT molecular complexity index is 438. The van der Waals surface area contributed by atoms with Gasteiger partial charge in [0.2, 0.25) is 0 Å². The fourth-order valence-corrected chi connectivity index (χ4v) is 1.75. The van der Waals surface area contributed by atoms with Gasteiger partial charge in [0, 0.05) is 6.54 Å². The maximum absolute atomic E-state index is 11.5. The summed E-state index contributed by atoms with van der Waals surface area (Å²) < 4.78 is 10.9. The summed E-state index contributed by atoms with van der Waals surface area (Å²) >= 11 is 0. The topological polar surface area (TPSA) is 47.6 Å². The lowest BCUT2D eigenvalue weighted by molar-refractivity contribution is 0.0528. The molecule has 0 aromatic heterocycles. The minimum Gasteiger partial charge on any atom is -0.494 e. The number of amides is 1. The quantitative estimate of drug-likeness (QED) is 0.775. The zero-order valence-electron chi connectivity index (χ0n) is 13.6. The van der Waals surface area contributed by atoms with E-state index >= 15 is 0 Å². The highest BCUT2D eigenvalue weighted by Crippen LogP contribution is 2.14. The molecule has 0 spiro atoms. The highest BCUT2D eigenvalue weighted by molar-refractivity contribution is 5.67. The number of ether oxygens (including phenoxy) is 2. The van der Waals surface area contributed by atoms with Crippen molar-refractivity contribution in [3.8, 4) is 5.75 Å². The summed E-state index contributed by atoms with van der Waals surface area (Å²) in [5, 5.41) is 2.76. The highest BCUT2D eigenvalue weighted by Gasteiger charge is 2.15. The van der Waals surface area contributed by atoms with Gasteiger partial charge in [-0.1, -0.05) is 25.5 Å². The lowest BCUT2D eigenvalue weighted by Gasteiger charge is -2.19. The van der Waals surface area contributed by atoms with Crippen LogP contribution in [0.25, 0.3) is 0 Å². The third-order valence-corrected chi connectivity index (χ3v) is 2.75. The lowest BCUT2D eigenvalue weighted by atomic mass is 10.1. The molecule has 0 radical (unpaired) electrons. The van der Waals surface area contributed by atoms with E-state index in [-0.39, 0.29) is 6.09 Å². The molecule has 1 aromatic rings. The number of unbranched alkanes of at least 4 members (excludes halogenated alkanes) is 1. The van der Waals surface area contributed by atoms with E-state index in [1.54, 1.807) is 0 Å². The van der Waals surface area contributed by atoms with Crippen molar-refractivity contribution in [2.24, 2.45) is 0 Å². The van der Waals surface area contributed by atoms with Gasteiger partial charge in [-0.15, -0.1) is 0 Å². The minimum absolute atomic E-state index is 0.377. The van der Waals surface area contributed by atoms with E-state index < -0.39 is 5.60 Å². The second kappa shape index (κ2) is 8.55. The number of benzene rings is 1. The fourth-order valence-electron chi connectivity index (χ4n) is 1.75. The van der Waals surface area contributed by atoms with E-state index in [1.165, 1.54) is 0 Å². The summed E-state index contributed by atoms with van der Waals surface area (Å²) in [4.78, 5) is 11.5. The predicted molar refractivity (Wildman–Crippen MR) is 84.8 cm³/mol. The van der Waals surface area contributed by atoms with Crippen LogP contribution in [0.5, 0.6) is 5.75 Å². The highest BCUT2D eigenvalue weighted by atomic mass is 16.6. The number of rotatable bonds is 7. The van der Waals surface area contributed by atoms with Crippen molar-refractivity contribution >= 4 is 6.09 Å². The van der Waals surface area contributed by atoms with Crippen LogP contribution in [0.3, 0.4) is 0 Å². The Labute approximate surface area is 127 Å². The van der Waals surface area contributed by atoms with Gasteiger partial charge in [0.25, 0.3) is 0 Å². The molecule has 118 valence electrons. The van der Waals surface area contributed by atoms with E-state index in [4.69, 9.17) is 9.47 Å². The van der Waals surface area contributed by atoms with Crippen LogP contribution in [-0.2, 0) is 11.2 Å². The minimum atomic E-state index is -0.461. The standard InChI is InChI=1S/C17H27NO3/c1-5-6-12-20-15-9-7-8-14(13-15)10-11-18-16(19)21-17(2,3)4/h7-9,13H,5-6,10-12H2,1-4H3,(H,18,19). The molecular formula is C17H27NO3. The maximum atomic E-state index is 11.5. The van der Waals surface area contributed by atoms with Crippen molar-refractivity contribution in [2.75, 3.05) is 13.2 Å². The molecule has 0 aliphatic rings. The number of hydrogen-bond donors (Lipinski definition) is 1. The van der Waals surface area contributed by atoms with Gasteiger partial charge in [0.05, 0.1) is 6.61 Å². The summed E-state index contributed by atoms with van der Waals surface area (Å²) in [7, 11) is 0. The Kier molecular flexibility index (Phi) is 7.06. The van der Waals surface area contributed by atoms with Crippen molar-refractivity contribution in [1.29, 1.82) is 0 Å². The second-order valence-electron chi connectivity index (χ2n) is 6.03. The largest absolute Gasteiger partial charge is 0.494 e. The molecule has 0 saturated carbocycles. The first-order valence-corrected chi connectivity index (χ1v) is 7.59. The molecule has 0 heterocycles. The predicted octanol–water partition coefficient (Wildman–Crippen LogP) is 3.93. The molecule has 0 bridgehead atoms. The van der Waals surface area contributed by atoms with Crippen LogP contribution in [0.4, 0.5) is 4.79 Å². The number of hydrogen-bond acceptors (Lipinski definition) is 3. The van der Waals surface area contributed by atoms with Crippen molar-refractivity contribution < 1.29 is 14.3 Å². The Balaban J connectivity index is 2.35. The second-order valence-corrected chi connectivity index (χ2v) is 6.03. The molecule has 0 unspecified atom stereocenters. The molecule has 1 rings (SSSR count). The molecule has 0 fully saturated rings. The Morgan fingerprint density at radius 2 is 2.05 bits per heavy atom. The van der Waals surface area contributed by atoms with E-state index in [0.29, 0.717) is 6.54 Å². The summed E-state index contributed by atoms with van der Waals surface area (Å²) in [6, 6.07) is 7.99. The number of carbonyl (C=O) groups is 1. The molecule has 1 N–H and O–H groups in total. The molecule has 4 nitrogen and oxygen atoms in total. The number of carbonyl (C=O) groups excluding carboxylic acids is 1. The third-order valence-electron chi connectivity index (χ3n) is 2.75. The van der Waals surface area contributed by atoms with Gasteiger partial charge in [0.15, 0.2) is 0 Å². The zero-order valence-corrected chi connectivity index (χ0v) is 13.6. The molecule has 0 atom stereocenters. The molecule has 4 heteroatoms. The zero-order chi connectivity index (χ0) is 15.7.